The van der Waals surface area contributed by atoms with Crippen LogP contribution in [0.15, 0.2) is 30.3 Å². The second kappa shape index (κ2) is 9.13. The van der Waals surface area contributed by atoms with Crippen LogP contribution in [0.25, 0.3) is 0 Å². The second-order valence-corrected chi connectivity index (χ2v) is 8.25. The lowest BCUT2D eigenvalue weighted by molar-refractivity contribution is -0.149. The van der Waals surface area contributed by atoms with Gasteiger partial charge >= 0.3 is 5.97 Å². The zero-order valence-corrected chi connectivity index (χ0v) is 18.2. The molecule has 5 nitrogen and oxygen atoms in total. The van der Waals surface area contributed by atoms with Crippen LogP contribution >= 0.6 is 0 Å². The average Bonchev–Trinajstić information content (AvgIpc) is 3.32. The maximum Gasteiger partial charge on any atom is 0.317 e. The van der Waals surface area contributed by atoms with Crippen LogP contribution in [-0.2, 0) is 19.7 Å². The summed E-state index contributed by atoms with van der Waals surface area (Å²) in [5.41, 5.74) is 2.33. The fourth-order valence-corrected chi connectivity index (χ4v) is 4.76. The fraction of sp³-hybridized carbons (Fsp3) is 0.500. The van der Waals surface area contributed by atoms with E-state index in [9.17, 15) is 14.0 Å². The summed E-state index contributed by atoms with van der Waals surface area (Å²) in [6.07, 6.45) is 3.10. The quantitative estimate of drug-likeness (QED) is 0.464. The molecule has 1 aromatic heterocycles. The number of halogens is 1. The number of aromatic nitrogens is 1. The van der Waals surface area contributed by atoms with Gasteiger partial charge in [-0.3, -0.25) is 9.59 Å². The summed E-state index contributed by atoms with van der Waals surface area (Å²) in [7, 11) is 1.65. The van der Waals surface area contributed by atoms with Gasteiger partial charge in [0.1, 0.15) is 5.82 Å². The van der Waals surface area contributed by atoms with Crippen molar-refractivity contribution in [3.05, 3.63) is 58.7 Å². The van der Waals surface area contributed by atoms with Gasteiger partial charge in [0.2, 0.25) is 5.78 Å². The van der Waals surface area contributed by atoms with Gasteiger partial charge in [-0.2, -0.15) is 0 Å². The first-order valence-electron chi connectivity index (χ1n) is 10.4. The predicted molar refractivity (Wildman–Crippen MR) is 112 cm³/mol. The number of esters is 1. The molecule has 0 unspecified atom stereocenters. The summed E-state index contributed by atoms with van der Waals surface area (Å²) >= 11 is 0. The molecule has 0 aliphatic heterocycles. The summed E-state index contributed by atoms with van der Waals surface area (Å²) in [5, 5.41) is 0. The Hall–Kier alpha value is -2.47. The lowest BCUT2D eigenvalue weighted by atomic mass is 9.79. The van der Waals surface area contributed by atoms with E-state index in [-0.39, 0.29) is 24.2 Å². The van der Waals surface area contributed by atoms with Crippen molar-refractivity contribution < 1.29 is 23.5 Å². The summed E-state index contributed by atoms with van der Waals surface area (Å²) in [5.74, 6) is -0.963. The number of benzene rings is 1. The lowest BCUT2D eigenvalue weighted by Gasteiger charge is -2.27. The first-order chi connectivity index (χ1) is 14.3. The van der Waals surface area contributed by atoms with Crippen LogP contribution in [0.1, 0.15) is 66.0 Å². The van der Waals surface area contributed by atoms with Crippen LogP contribution in [-0.4, -0.2) is 36.6 Å². The van der Waals surface area contributed by atoms with Gasteiger partial charge < -0.3 is 14.0 Å². The number of hydrogen-bond donors (Lipinski definition) is 0. The van der Waals surface area contributed by atoms with E-state index in [1.807, 2.05) is 26.8 Å². The molecule has 1 aromatic carbocycles. The molecule has 1 saturated carbocycles. The standard InChI is InChI=1S/C24H30FNO4/c1-16-13-21(18(3)26(16)17(2)14-29-4)22(27)15-30-23(28)24(11-5-6-12-24)19-7-9-20(25)10-8-19/h7-10,13,17H,5-6,11-12,14-15H2,1-4H3/t17-/m0/s1. The van der Waals surface area contributed by atoms with E-state index in [0.29, 0.717) is 25.0 Å². The Labute approximate surface area is 177 Å². The highest BCUT2D eigenvalue weighted by molar-refractivity contribution is 5.99. The number of ether oxygens (including phenoxy) is 2. The molecular formula is C24H30FNO4. The molecule has 0 bridgehead atoms. The first-order valence-corrected chi connectivity index (χ1v) is 10.4. The normalized spacial score (nSPS) is 16.4. The van der Waals surface area contributed by atoms with Crippen molar-refractivity contribution in [2.24, 2.45) is 0 Å². The minimum atomic E-state index is -0.794. The van der Waals surface area contributed by atoms with E-state index >= 15 is 0 Å². The maximum absolute atomic E-state index is 13.3. The number of nitrogens with zero attached hydrogens (tertiary/aromatic N) is 1. The van der Waals surface area contributed by atoms with Gasteiger partial charge in [-0.15, -0.1) is 0 Å². The number of ketones is 1. The molecule has 30 heavy (non-hydrogen) atoms. The molecule has 0 radical (unpaired) electrons. The summed E-state index contributed by atoms with van der Waals surface area (Å²) in [4.78, 5) is 25.9. The van der Waals surface area contributed by atoms with Crippen molar-refractivity contribution in [3.8, 4) is 0 Å². The number of rotatable bonds is 8. The van der Waals surface area contributed by atoms with Crippen LogP contribution in [0.3, 0.4) is 0 Å². The maximum atomic E-state index is 13.3. The number of carbonyl (C=O) groups excluding carboxylic acids is 2. The molecule has 0 N–H and O–H groups in total. The van der Waals surface area contributed by atoms with Crippen LogP contribution in [0, 0.1) is 19.7 Å². The van der Waals surface area contributed by atoms with Gasteiger partial charge in [-0.25, -0.2) is 4.39 Å². The van der Waals surface area contributed by atoms with Gasteiger partial charge in [0.15, 0.2) is 6.61 Å². The van der Waals surface area contributed by atoms with E-state index < -0.39 is 11.4 Å². The SMILES string of the molecule is COC[C@H](C)n1c(C)cc(C(=O)COC(=O)C2(c3ccc(F)cc3)CCCC2)c1C. The molecule has 3 rings (SSSR count). The van der Waals surface area contributed by atoms with Crippen molar-refractivity contribution in [2.45, 2.75) is 57.9 Å². The van der Waals surface area contributed by atoms with Gasteiger partial charge in [-0.05, 0) is 57.4 Å². The van der Waals surface area contributed by atoms with Crippen molar-refractivity contribution >= 4 is 11.8 Å². The molecule has 1 fully saturated rings. The minimum absolute atomic E-state index is 0.0966. The van der Waals surface area contributed by atoms with Crippen LogP contribution < -0.4 is 0 Å². The molecule has 0 saturated heterocycles. The summed E-state index contributed by atoms with van der Waals surface area (Å²) in [6.45, 7) is 6.11. The Kier molecular flexibility index (Phi) is 6.76. The third-order valence-corrected chi connectivity index (χ3v) is 6.21. The monoisotopic (exact) mass is 415 g/mol. The predicted octanol–water partition coefficient (Wildman–Crippen LogP) is 4.69. The van der Waals surface area contributed by atoms with Gasteiger partial charge in [0.05, 0.1) is 18.1 Å². The molecule has 1 atom stereocenters. The van der Waals surface area contributed by atoms with Crippen LogP contribution in [0.5, 0.6) is 0 Å². The smallest absolute Gasteiger partial charge is 0.317 e. The molecular weight excluding hydrogens is 385 g/mol. The second-order valence-electron chi connectivity index (χ2n) is 8.25. The number of Topliss-reactive ketones (excluding diaryl/α,β-unsaturated/α-hetero) is 1. The fourth-order valence-electron chi connectivity index (χ4n) is 4.76. The lowest BCUT2D eigenvalue weighted by Crippen LogP contribution is -2.36. The highest BCUT2D eigenvalue weighted by atomic mass is 19.1. The number of methoxy groups -OCH3 is 1. The van der Waals surface area contributed by atoms with E-state index in [4.69, 9.17) is 9.47 Å². The summed E-state index contributed by atoms with van der Waals surface area (Å²) in [6, 6.07) is 7.96. The van der Waals surface area contributed by atoms with Crippen molar-refractivity contribution in [1.82, 2.24) is 4.57 Å². The zero-order valence-electron chi connectivity index (χ0n) is 18.2. The molecule has 1 aliphatic carbocycles. The molecule has 162 valence electrons. The topological polar surface area (TPSA) is 57.5 Å². The number of hydrogen-bond acceptors (Lipinski definition) is 4. The molecule has 2 aromatic rings. The van der Waals surface area contributed by atoms with Gasteiger partial charge in [-0.1, -0.05) is 25.0 Å². The van der Waals surface area contributed by atoms with Crippen LogP contribution in [0.2, 0.25) is 0 Å². The average molecular weight is 416 g/mol. The molecule has 6 heteroatoms. The summed E-state index contributed by atoms with van der Waals surface area (Å²) < 4.78 is 26.2. The molecule has 1 heterocycles. The molecule has 0 spiro atoms. The first kappa shape index (κ1) is 22.2. The number of carbonyl (C=O) groups is 2. The Balaban J connectivity index is 1.74. The zero-order chi connectivity index (χ0) is 21.9. The van der Waals surface area contributed by atoms with E-state index in [2.05, 4.69) is 4.57 Å². The highest BCUT2D eigenvalue weighted by Gasteiger charge is 2.44. The van der Waals surface area contributed by atoms with Gasteiger partial charge in [0.25, 0.3) is 0 Å². The Morgan fingerprint density at radius 1 is 1.17 bits per heavy atom. The van der Waals surface area contributed by atoms with Crippen molar-refractivity contribution in [1.29, 1.82) is 0 Å². The van der Waals surface area contributed by atoms with E-state index in [1.165, 1.54) is 12.1 Å². The van der Waals surface area contributed by atoms with Crippen LogP contribution in [0.4, 0.5) is 4.39 Å². The third kappa shape index (κ3) is 4.19. The highest BCUT2D eigenvalue weighted by Crippen LogP contribution is 2.42. The van der Waals surface area contributed by atoms with E-state index in [0.717, 1.165) is 29.8 Å². The number of aryl methyl sites for hydroxylation is 1. The third-order valence-electron chi connectivity index (χ3n) is 6.21. The molecule has 0 amide bonds. The van der Waals surface area contributed by atoms with Crippen molar-refractivity contribution in [2.75, 3.05) is 20.3 Å². The molecule has 1 aliphatic rings. The Morgan fingerprint density at radius 2 is 1.80 bits per heavy atom. The Bertz CT molecular complexity index is 910. The minimum Gasteiger partial charge on any atom is -0.457 e. The van der Waals surface area contributed by atoms with E-state index in [1.54, 1.807) is 19.2 Å². The largest absolute Gasteiger partial charge is 0.457 e. The Morgan fingerprint density at radius 3 is 2.40 bits per heavy atom. The van der Waals surface area contributed by atoms with Gasteiger partial charge in [0, 0.05) is 24.1 Å². The van der Waals surface area contributed by atoms with Crippen molar-refractivity contribution in [3.63, 3.8) is 0 Å².